The lowest BCUT2D eigenvalue weighted by molar-refractivity contribution is -0.0499. The molecule has 0 aliphatic carbocycles. The van der Waals surface area contributed by atoms with Crippen molar-refractivity contribution in [2.45, 2.75) is 37.5 Å². The van der Waals surface area contributed by atoms with E-state index in [1.807, 2.05) is 28.0 Å². The Labute approximate surface area is 192 Å². The molecule has 3 N–H and O–H groups in total. The van der Waals surface area contributed by atoms with Crippen LogP contribution in [0, 0.1) is 0 Å². The Kier molecular flexibility index (Phi) is 6.18. The predicted octanol–water partition coefficient (Wildman–Crippen LogP) is 3.04. The number of anilines is 1. The standard InChI is InChI=1S/C24H29F2N5O2/c25-22(26)33-21-3-1-2-17(12-21)15-31-23(32)30(16-24(31)8-10-27-11-9-24)20-6-4-18(5-7-20)19-13-28-29-14-19/h1-7,12,19,22,27-29H,8-11,13-16H2. The van der Waals surface area contributed by atoms with Crippen LogP contribution in [0.2, 0.25) is 0 Å². The minimum atomic E-state index is -2.88. The van der Waals surface area contributed by atoms with E-state index in [-0.39, 0.29) is 17.3 Å². The van der Waals surface area contributed by atoms with Crippen LogP contribution in [-0.4, -0.2) is 55.8 Å². The molecule has 9 heteroatoms. The quantitative estimate of drug-likeness (QED) is 0.622. The fourth-order valence-corrected chi connectivity index (χ4v) is 5.18. The molecule has 2 amide bonds. The molecule has 0 aromatic heterocycles. The molecule has 3 saturated heterocycles. The Morgan fingerprint density at radius 3 is 2.48 bits per heavy atom. The van der Waals surface area contributed by atoms with Crippen LogP contribution >= 0.6 is 0 Å². The fourth-order valence-electron chi connectivity index (χ4n) is 5.18. The van der Waals surface area contributed by atoms with Crippen molar-refractivity contribution in [1.29, 1.82) is 0 Å². The molecular formula is C24H29F2N5O2. The summed E-state index contributed by atoms with van der Waals surface area (Å²) in [6.07, 6.45) is 1.69. The number of hydrogen-bond acceptors (Lipinski definition) is 5. The van der Waals surface area contributed by atoms with Gasteiger partial charge in [0.15, 0.2) is 0 Å². The topological polar surface area (TPSA) is 68.9 Å². The third kappa shape index (κ3) is 4.53. The number of ether oxygens (including phenoxy) is 1. The summed E-state index contributed by atoms with van der Waals surface area (Å²) >= 11 is 0. The van der Waals surface area contributed by atoms with E-state index >= 15 is 0 Å². The summed E-state index contributed by atoms with van der Waals surface area (Å²) in [6.45, 7) is 1.55. The number of carbonyl (C=O) groups excluding carboxylic acids is 1. The van der Waals surface area contributed by atoms with Gasteiger partial charge in [-0.15, -0.1) is 0 Å². The first kappa shape index (κ1) is 22.1. The van der Waals surface area contributed by atoms with Gasteiger partial charge in [-0.05, 0) is 61.3 Å². The van der Waals surface area contributed by atoms with Crippen LogP contribution in [0.3, 0.4) is 0 Å². The summed E-state index contributed by atoms with van der Waals surface area (Å²) in [5, 5.41) is 3.39. The van der Waals surface area contributed by atoms with E-state index in [4.69, 9.17) is 0 Å². The molecule has 0 radical (unpaired) electrons. The predicted molar refractivity (Wildman–Crippen MR) is 121 cm³/mol. The summed E-state index contributed by atoms with van der Waals surface area (Å²) in [5.74, 6) is 0.528. The maximum Gasteiger partial charge on any atom is 0.387 e. The molecule has 33 heavy (non-hydrogen) atoms. The maximum absolute atomic E-state index is 13.6. The van der Waals surface area contributed by atoms with Crippen LogP contribution in [0.25, 0.3) is 0 Å². The first-order valence-electron chi connectivity index (χ1n) is 11.4. The SMILES string of the molecule is O=C1N(c2ccc(C3CNNC3)cc2)CC2(CCNCC2)N1Cc1cccc(OC(F)F)c1. The summed E-state index contributed by atoms with van der Waals surface area (Å²) in [7, 11) is 0. The van der Waals surface area contributed by atoms with Gasteiger partial charge in [0.1, 0.15) is 5.75 Å². The monoisotopic (exact) mass is 457 g/mol. The molecule has 0 saturated carbocycles. The number of rotatable bonds is 6. The van der Waals surface area contributed by atoms with Crippen molar-refractivity contribution in [3.8, 4) is 5.75 Å². The van der Waals surface area contributed by atoms with Gasteiger partial charge in [-0.25, -0.2) is 4.79 Å². The smallest absolute Gasteiger partial charge is 0.387 e. The zero-order valence-electron chi connectivity index (χ0n) is 18.4. The van der Waals surface area contributed by atoms with Gasteiger partial charge in [0.25, 0.3) is 0 Å². The molecule has 0 bridgehead atoms. The number of hydrazine groups is 1. The zero-order chi connectivity index (χ0) is 22.8. The van der Waals surface area contributed by atoms with E-state index in [0.717, 1.165) is 50.3 Å². The number of hydrogen-bond donors (Lipinski definition) is 3. The van der Waals surface area contributed by atoms with Crippen molar-refractivity contribution in [3.63, 3.8) is 0 Å². The van der Waals surface area contributed by atoms with Gasteiger partial charge in [0.2, 0.25) is 0 Å². The highest BCUT2D eigenvalue weighted by Gasteiger charge is 2.50. The second-order valence-corrected chi connectivity index (χ2v) is 9.01. The Morgan fingerprint density at radius 2 is 1.79 bits per heavy atom. The minimum absolute atomic E-state index is 0.0472. The highest BCUT2D eigenvalue weighted by molar-refractivity contribution is 5.95. The number of piperidine rings is 1. The van der Waals surface area contributed by atoms with Crippen molar-refractivity contribution < 1.29 is 18.3 Å². The third-order valence-electron chi connectivity index (χ3n) is 6.98. The lowest BCUT2D eigenvalue weighted by atomic mass is 9.87. The summed E-state index contributed by atoms with van der Waals surface area (Å²) in [6, 6.07) is 14.8. The van der Waals surface area contributed by atoms with E-state index in [1.54, 1.807) is 12.1 Å². The van der Waals surface area contributed by atoms with Crippen LogP contribution in [0.15, 0.2) is 48.5 Å². The van der Waals surface area contributed by atoms with E-state index in [0.29, 0.717) is 19.0 Å². The van der Waals surface area contributed by atoms with Crippen molar-refractivity contribution in [2.24, 2.45) is 0 Å². The molecule has 0 unspecified atom stereocenters. The maximum atomic E-state index is 13.6. The number of benzene rings is 2. The van der Waals surface area contributed by atoms with Crippen LogP contribution in [0.4, 0.5) is 19.3 Å². The molecule has 3 fully saturated rings. The molecule has 0 atom stereocenters. The summed E-state index contributed by atoms with van der Waals surface area (Å²) in [5.41, 5.74) is 8.92. The summed E-state index contributed by atoms with van der Waals surface area (Å²) < 4.78 is 29.9. The molecule has 3 aliphatic heterocycles. The Balaban J connectivity index is 1.39. The summed E-state index contributed by atoms with van der Waals surface area (Å²) in [4.78, 5) is 17.4. The fraction of sp³-hybridized carbons (Fsp3) is 0.458. The molecule has 1 spiro atoms. The first-order valence-corrected chi connectivity index (χ1v) is 11.4. The molecule has 176 valence electrons. The second-order valence-electron chi connectivity index (χ2n) is 9.01. The van der Waals surface area contributed by atoms with E-state index in [9.17, 15) is 13.6 Å². The Bertz CT molecular complexity index is 975. The molecule has 3 heterocycles. The number of alkyl halides is 2. The van der Waals surface area contributed by atoms with Gasteiger partial charge in [0, 0.05) is 31.2 Å². The Morgan fingerprint density at radius 1 is 1.06 bits per heavy atom. The highest BCUT2D eigenvalue weighted by Crippen LogP contribution is 2.38. The van der Waals surface area contributed by atoms with Crippen LogP contribution in [0.1, 0.15) is 29.9 Å². The van der Waals surface area contributed by atoms with Crippen LogP contribution in [-0.2, 0) is 6.54 Å². The van der Waals surface area contributed by atoms with E-state index < -0.39 is 6.61 Å². The number of nitrogens with zero attached hydrogens (tertiary/aromatic N) is 2. The van der Waals surface area contributed by atoms with Crippen molar-refractivity contribution in [1.82, 2.24) is 21.1 Å². The average Bonchev–Trinajstić information content (AvgIpc) is 3.44. The van der Waals surface area contributed by atoms with Gasteiger partial charge in [-0.2, -0.15) is 8.78 Å². The molecular weight excluding hydrogens is 428 g/mol. The molecule has 2 aromatic carbocycles. The lowest BCUT2D eigenvalue weighted by Crippen LogP contribution is -2.53. The minimum Gasteiger partial charge on any atom is -0.435 e. The lowest BCUT2D eigenvalue weighted by Gasteiger charge is -2.40. The number of carbonyl (C=O) groups is 1. The number of nitrogens with one attached hydrogen (secondary N) is 3. The van der Waals surface area contributed by atoms with Crippen LogP contribution in [0.5, 0.6) is 5.75 Å². The number of urea groups is 1. The second kappa shape index (κ2) is 9.24. The van der Waals surface area contributed by atoms with Gasteiger partial charge in [-0.3, -0.25) is 15.8 Å². The van der Waals surface area contributed by atoms with Crippen molar-refractivity contribution in [2.75, 3.05) is 37.6 Å². The number of amides is 2. The largest absolute Gasteiger partial charge is 0.435 e. The molecule has 7 nitrogen and oxygen atoms in total. The highest BCUT2D eigenvalue weighted by atomic mass is 19.3. The zero-order valence-corrected chi connectivity index (χ0v) is 18.4. The third-order valence-corrected chi connectivity index (χ3v) is 6.98. The average molecular weight is 458 g/mol. The van der Waals surface area contributed by atoms with Gasteiger partial charge < -0.3 is 15.0 Å². The normalized spacial score (nSPS) is 20.9. The van der Waals surface area contributed by atoms with Crippen molar-refractivity contribution in [3.05, 3.63) is 59.7 Å². The van der Waals surface area contributed by atoms with Crippen molar-refractivity contribution >= 4 is 11.7 Å². The van der Waals surface area contributed by atoms with Crippen LogP contribution < -0.4 is 25.8 Å². The molecule has 3 aliphatic rings. The number of halogens is 2. The van der Waals surface area contributed by atoms with E-state index in [2.05, 4.69) is 33.0 Å². The van der Waals surface area contributed by atoms with Gasteiger partial charge in [0.05, 0.1) is 12.1 Å². The first-order chi connectivity index (χ1) is 16.0. The van der Waals surface area contributed by atoms with Gasteiger partial charge in [-0.1, -0.05) is 24.3 Å². The van der Waals surface area contributed by atoms with Gasteiger partial charge >= 0.3 is 12.6 Å². The molecule has 2 aromatic rings. The molecule has 5 rings (SSSR count). The Hall–Kier alpha value is -2.75. The van der Waals surface area contributed by atoms with E-state index in [1.165, 1.54) is 11.6 Å².